The number of ether oxygens (including phenoxy) is 2. The molecule has 0 bridgehead atoms. The summed E-state index contributed by atoms with van der Waals surface area (Å²) in [6, 6.07) is 13.7. The molecule has 7 heteroatoms. The van der Waals surface area contributed by atoms with Crippen LogP contribution in [0.5, 0.6) is 23.0 Å². The van der Waals surface area contributed by atoms with Gasteiger partial charge in [-0.1, -0.05) is 0 Å². The summed E-state index contributed by atoms with van der Waals surface area (Å²) in [7, 11) is 2.97. The molecule has 4 N–H and O–H groups in total. The highest BCUT2D eigenvalue weighted by atomic mass is 16.7. The van der Waals surface area contributed by atoms with Crippen LogP contribution in [-0.4, -0.2) is 34.6 Å². The summed E-state index contributed by atoms with van der Waals surface area (Å²) in [6.07, 6.45) is -0.698. The topological polar surface area (TPSA) is 113 Å². The molecule has 0 fully saturated rings. The third-order valence-electron chi connectivity index (χ3n) is 4.81. The molecule has 0 aliphatic heterocycles. The summed E-state index contributed by atoms with van der Waals surface area (Å²) in [5, 5.41) is 40.9. The molecular formula is C23H20O7. The van der Waals surface area contributed by atoms with Crippen molar-refractivity contribution < 1.29 is 34.3 Å². The summed E-state index contributed by atoms with van der Waals surface area (Å²) >= 11 is 0. The molecule has 7 nitrogen and oxygen atoms in total. The van der Waals surface area contributed by atoms with Gasteiger partial charge in [-0.25, -0.2) is 0 Å². The van der Waals surface area contributed by atoms with Gasteiger partial charge in [-0.15, -0.1) is 0 Å². The van der Waals surface area contributed by atoms with Gasteiger partial charge in [0.25, 0.3) is 0 Å². The number of benzene rings is 3. The summed E-state index contributed by atoms with van der Waals surface area (Å²) in [5.74, 6) is 0.151. The average molecular weight is 408 g/mol. The Morgan fingerprint density at radius 3 is 1.97 bits per heavy atom. The van der Waals surface area contributed by atoms with Crippen LogP contribution in [-0.2, 0) is 9.47 Å². The van der Waals surface area contributed by atoms with E-state index in [2.05, 4.69) is 0 Å². The molecule has 0 aliphatic rings. The van der Waals surface area contributed by atoms with Gasteiger partial charge >= 0.3 is 0 Å². The smallest absolute Gasteiger partial charge is 0.183 e. The van der Waals surface area contributed by atoms with E-state index in [1.54, 1.807) is 18.2 Å². The first kappa shape index (κ1) is 19.6. The molecule has 3 aromatic carbocycles. The first-order chi connectivity index (χ1) is 14.4. The molecule has 0 atom stereocenters. The molecule has 1 heterocycles. The second-order valence-electron chi connectivity index (χ2n) is 6.81. The van der Waals surface area contributed by atoms with Crippen molar-refractivity contribution in [3.05, 3.63) is 60.2 Å². The lowest BCUT2D eigenvalue weighted by molar-refractivity contribution is -0.106. The Bertz CT molecular complexity index is 1180. The van der Waals surface area contributed by atoms with Crippen LogP contribution < -0.4 is 0 Å². The molecule has 30 heavy (non-hydrogen) atoms. The van der Waals surface area contributed by atoms with Crippen LogP contribution in [0.2, 0.25) is 0 Å². The van der Waals surface area contributed by atoms with Crippen molar-refractivity contribution >= 4 is 11.0 Å². The number of phenols is 4. The summed E-state index contributed by atoms with van der Waals surface area (Å²) in [4.78, 5) is 0. The number of rotatable bonds is 5. The maximum absolute atomic E-state index is 10.8. The van der Waals surface area contributed by atoms with Crippen molar-refractivity contribution in [1.82, 2.24) is 0 Å². The van der Waals surface area contributed by atoms with E-state index in [9.17, 15) is 20.4 Å². The Morgan fingerprint density at radius 1 is 0.733 bits per heavy atom. The molecule has 154 valence electrons. The van der Waals surface area contributed by atoms with Crippen molar-refractivity contribution in [2.75, 3.05) is 14.2 Å². The SMILES string of the molecule is COC(OC)c1cc(O)c2c(-c3cc(O)cc(O)c3)c(-c3ccc(O)cc3)oc2c1. The zero-order valence-corrected chi connectivity index (χ0v) is 16.3. The van der Waals surface area contributed by atoms with Crippen molar-refractivity contribution in [3.63, 3.8) is 0 Å². The highest BCUT2D eigenvalue weighted by Gasteiger charge is 2.23. The summed E-state index contributed by atoms with van der Waals surface area (Å²) in [6.45, 7) is 0. The Kier molecular flexibility index (Phi) is 4.99. The zero-order valence-electron chi connectivity index (χ0n) is 16.3. The lowest BCUT2D eigenvalue weighted by Crippen LogP contribution is -2.03. The Morgan fingerprint density at radius 2 is 1.37 bits per heavy atom. The number of furan rings is 1. The maximum Gasteiger partial charge on any atom is 0.183 e. The molecule has 0 spiro atoms. The fraction of sp³-hybridized carbons (Fsp3) is 0.130. The van der Waals surface area contributed by atoms with Crippen LogP contribution in [0.4, 0.5) is 0 Å². The number of aromatic hydroxyl groups is 4. The van der Waals surface area contributed by atoms with Crippen molar-refractivity contribution in [2.45, 2.75) is 6.29 Å². The maximum atomic E-state index is 10.8. The van der Waals surface area contributed by atoms with E-state index in [1.807, 2.05) is 0 Å². The van der Waals surface area contributed by atoms with E-state index >= 15 is 0 Å². The highest BCUT2D eigenvalue weighted by molar-refractivity contribution is 6.05. The van der Waals surface area contributed by atoms with Crippen molar-refractivity contribution in [3.8, 4) is 45.4 Å². The molecular weight excluding hydrogens is 388 g/mol. The van der Waals surface area contributed by atoms with Gasteiger partial charge in [0.15, 0.2) is 6.29 Å². The number of methoxy groups -OCH3 is 2. The normalized spacial score (nSPS) is 11.4. The van der Waals surface area contributed by atoms with E-state index in [-0.39, 0.29) is 23.0 Å². The van der Waals surface area contributed by atoms with Gasteiger partial charge in [0.05, 0.1) is 5.39 Å². The molecule has 0 aliphatic carbocycles. The fourth-order valence-corrected chi connectivity index (χ4v) is 3.56. The number of phenolic OH excluding ortho intramolecular Hbond substituents is 4. The van der Waals surface area contributed by atoms with Crippen molar-refractivity contribution in [2.24, 2.45) is 0 Å². The molecule has 0 radical (unpaired) electrons. The number of fused-ring (bicyclic) bond motifs is 1. The lowest BCUT2D eigenvalue weighted by atomic mass is 9.97. The third-order valence-corrected chi connectivity index (χ3v) is 4.81. The van der Waals surface area contributed by atoms with E-state index in [0.29, 0.717) is 39.0 Å². The van der Waals surface area contributed by atoms with E-state index in [4.69, 9.17) is 13.9 Å². The van der Waals surface area contributed by atoms with E-state index in [0.717, 1.165) is 0 Å². The number of hydrogen-bond acceptors (Lipinski definition) is 7. The second-order valence-corrected chi connectivity index (χ2v) is 6.81. The van der Waals surface area contributed by atoms with Crippen LogP contribution in [0.1, 0.15) is 11.9 Å². The molecule has 0 saturated carbocycles. The van der Waals surface area contributed by atoms with Crippen LogP contribution in [0.3, 0.4) is 0 Å². The minimum absolute atomic E-state index is 0.0757. The largest absolute Gasteiger partial charge is 0.508 e. The van der Waals surface area contributed by atoms with Crippen LogP contribution in [0, 0.1) is 0 Å². The molecule has 4 rings (SSSR count). The van der Waals surface area contributed by atoms with Crippen molar-refractivity contribution in [1.29, 1.82) is 0 Å². The highest BCUT2D eigenvalue weighted by Crippen LogP contribution is 2.47. The van der Waals surface area contributed by atoms with Gasteiger partial charge in [-0.05, 0) is 54.1 Å². The molecule has 0 amide bonds. The predicted molar refractivity (Wildman–Crippen MR) is 111 cm³/mol. The fourth-order valence-electron chi connectivity index (χ4n) is 3.56. The molecule has 0 unspecified atom stereocenters. The third kappa shape index (κ3) is 3.41. The van der Waals surface area contributed by atoms with Gasteiger partial charge in [-0.2, -0.15) is 0 Å². The zero-order chi connectivity index (χ0) is 21.4. The Hall–Kier alpha value is -3.68. The van der Waals surface area contributed by atoms with Crippen LogP contribution in [0.25, 0.3) is 33.4 Å². The van der Waals surface area contributed by atoms with E-state index in [1.165, 1.54) is 50.6 Å². The van der Waals surface area contributed by atoms with Gasteiger partial charge in [0.1, 0.15) is 34.3 Å². The van der Waals surface area contributed by atoms with Gasteiger partial charge < -0.3 is 34.3 Å². The molecule has 0 saturated heterocycles. The average Bonchev–Trinajstić information content (AvgIpc) is 3.09. The molecule has 4 aromatic rings. The first-order valence-corrected chi connectivity index (χ1v) is 9.09. The quantitative estimate of drug-likeness (QED) is 0.348. The van der Waals surface area contributed by atoms with Gasteiger partial charge in [0.2, 0.25) is 0 Å². The summed E-state index contributed by atoms with van der Waals surface area (Å²) < 4.78 is 16.6. The van der Waals surface area contributed by atoms with Crippen LogP contribution in [0.15, 0.2) is 59.0 Å². The molecule has 1 aromatic heterocycles. The van der Waals surface area contributed by atoms with E-state index < -0.39 is 6.29 Å². The first-order valence-electron chi connectivity index (χ1n) is 9.09. The Balaban J connectivity index is 2.05. The Labute approximate surface area is 172 Å². The van der Waals surface area contributed by atoms with Gasteiger partial charge in [-0.3, -0.25) is 0 Å². The van der Waals surface area contributed by atoms with Gasteiger partial charge in [0, 0.05) is 37.0 Å². The van der Waals surface area contributed by atoms with Crippen LogP contribution >= 0.6 is 0 Å². The summed E-state index contributed by atoms with van der Waals surface area (Å²) in [5.41, 5.74) is 2.49. The standard InChI is InChI=1S/C23H20O7/c1-28-23(29-2)14-9-18(27)21-19(10-14)30-22(12-3-5-15(24)6-4-12)20(21)13-7-16(25)11-17(26)8-13/h3-11,23-27H,1-2H3. The second kappa shape index (κ2) is 7.62. The minimum atomic E-state index is -0.698. The number of hydrogen-bond donors (Lipinski definition) is 4. The monoisotopic (exact) mass is 408 g/mol. The lowest BCUT2D eigenvalue weighted by Gasteiger charge is -2.14. The predicted octanol–water partition coefficient (Wildman–Crippen LogP) is 4.88. The minimum Gasteiger partial charge on any atom is -0.508 e.